The van der Waals surface area contributed by atoms with E-state index in [0.717, 1.165) is 15.5 Å². The number of fused-ring (bicyclic) bond motifs is 4. The molecule has 4 rings (SSSR count). The molecule has 0 N–H and O–H groups in total. The van der Waals surface area contributed by atoms with Crippen molar-refractivity contribution in [3.63, 3.8) is 0 Å². The summed E-state index contributed by atoms with van der Waals surface area (Å²) >= 11 is 0. The number of morpholine rings is 1. The first-order valence-electron chi connectivity index (χ1n) is 8.51. The van der Waals surface area contributed by atoms with Gasteiger partial charge < -0.3 is 9.64 Å². The molecule has 3 heterocycles. The van der Waals surface area contributed by atoms with E-state index in [4.69, 9.17) is 4.74 Å². The number of imide groups is 2. The van der Waals surface area contributed by atoms with E-state index in [1.54, 1.807) is 6.07 Å². The molecule has 1 spiro atoms. The predicted octanol–water partition coefficient (Wildman–Crippen LogP) is 0.393. The molecule has 2 fully saturated rings. The van der Waals surface area contributed by atoms with E-state index in [0.29, 0.717) is 18.7 Å². The third-order valence-corrected chi connectivity index (χ3v) is 5.70. The van der Waals surface area contributed by atoms with Gasteiger partial charge in [-0.3, -0.25) is 29.5 Å². The smallest absolute Gasteiger partial charge is 0.332 e. The Hall–Kier alpha value is -3.01. The summed E-state index contributed by atoms with van der Waals surface area (Å²) in [5.74, 6) is -1.21. The largest absolute Gasteiger partial charge is 0.377 e. The number of non-ortho nitro benzene ring substituents is 1. The van der Waals surface area contributed by atoms with E-state index >= 15 is 0 Å². The molecule has 1 aromatic carbocycles. The second kappa shape index (κ2) is 5.74. The van der Waals surface area contributed by atoms with E-state index in [1.807, 2.05) is 4.90 Å². The molecule has 10 heteroatoms. The molecule has 3 aliphatic rings. The molecule has 10 nitrogen and oxygen atoms in total. The highest BCUT2D eigenvalue weighted by Gasteiger charge is 2.63. The normalized spacial score (nSPS) is 24.1. The number of carbonyl (C=O) groups excluding carboxylic acids is 3. The third-order valence-electron chi connectivity index (χ3n) is 5.70. The summed E-state index contributed by atoms with van der Waals surface area (Å²) in [4.78, 5) is 53.0. The molecule has 2 saturated heterocycles. The van der Waals surface area contributed by atoms with Gasteiger partial charge in [0, 0.05) is 44.9 Å². The number of urea groups is 1. The number of hydrogen-bond donors (Lipinski definition) is 0. The number of barbiturate groups is 1. The van der Waals surface area contributed by atoms with Gasteiger partial charge in [0.05, 0.1) is 24.2 Å². The number of nitro benzene ring substituents is 1. The Balaban J connectivity index is 1.92. The molecular weight excluding hydrogens is 356 g/mol. The summed E-state index contributed by atoms with van der Waals surface area (Å²) < 4.78 is 5.56. The second-order valence-corrected chi connectivity index (χ2v) is 7.01. The third kappa shape index (κ3) is 2.19. The van der Waals surface area contributed by atoms with Crippen molar-refractivity contribution in [3.8, 4) is 0 Å². The first-order valence-corrected chi connectivity index (χ1v) is 8.51. The van der Waals surface area contributed by atoms with Crippen LogP contribution in [0.2, 0.25) is 0 Å². The van der Waals surface area contributed by atoms with Crippen molar-refractivity contribution in [1.82, 2.24) is 9.80 Å². The number of hydrogen-bond acceptors (Lipinski definition) is 7. The van der Waals surface area contributed by atoms with E-state index in [2.05, 4.69) is 0 Å². The van der Waals surface area contributed by atoms with Crippen LogP contribution in [0.4, 0.5) is 16.2 Å². The first kappa shape index (κ1) is 17.4. The maximum Gasteiger partial charge on any atom is 0.332 e. The molecule has 1 atom stereocenters. The van der Waals surface area contributed by atoms with Gasteiger partial charge in [-0.15, -0.1) is 0 Å². The van der Waals surface area contributed by atoms with Gasteiger partial charge in [0.25, 0.3) is 5.69 Å². The van der Waals surface area contributed by atoms with Gasteiger partial charge in [0.1, 0.15) is 0 Å². The second-order valence-electron chi connectivity index (χ2n) is 7.01. The van der Waals surface area contributed by atoms with Crippen molar-refractivity contribution in [3.05, 3.63) is 33.9 Å². The maximum absolute atomic E-state index is 13.2. The molecule has 0 bridgehead atoms. The first-order chi connectivity index (χ1) is 12.8. The van der Waals surface area contributed by atoms with Crippen molar-refractivity contribution in [2.45, 2.75) is 12.5 Å². The monoisotopic (exact) mass is 374 g/mol. The number of carbonyl (C=O) groups is 3. The number of benzene rings is 1. The van der Waals surface area contributed by atoms with Crippen LogP contribution < -0.4 is 4.90 Å². The number of nitro groups is 1. The van der Waals surface area contributed by atoms with E-state index < -0.39 is 34.2 Å². The molecule has 3 aliphatic heterocycles. The topological polar surface area (TPSA) is 113 Å². The fourth-order valence-corrected chi connectivity index (χ4v) is 4.35. The van der Waals surface area contributed by atoms with Crippen molar-refractivity contribution < 1.29 is 24.0 Å². The van der Waals surface area contributed by atoms with Gasteiger partial charge >= 0.3 is 6.03 Å². The highest BCUT2D eigenvalue weighted by Crippen LogP contribution is 2.47. The zero-order chi connectivity index (χ0) is 19.5. The predicted molar refractivity (Wildman–Crippen MR) is 92.1 cm³/mol. The molecule has 0 radical (unpaired) electrons. The van der Waals surface area contributed by atoms with Crippen molar-refractivity contribution in [1.29, 1.82) is 0 Å². The fraction of sp³-hybridized carbons (Fsp3) is 0.471. The molecule has 27 heavy (non-hydrogen) atoms. The quantitative estimate of drug-likeness (QED) is 0.397. The molecule has 0 aromatic heterocycles. The minimum Gasteiger partial charge on any atom is -0.377 e. The molecule has 1 aromatic rings. The minimum absolute atomic E-state index is 0.0197. The van der Waals surface area contributed by atoms with Gasteiger partial charge in [-0.1, -0.05) is 0 Å². The van der Waals surface area contributed by atoms with Crippen LogP contribution in [0.25, 0.3) is 0 Å². The number of ether oxygens (including phenoxy) is 1. The minimum atomic E-state index is -1.56. The molecule has 4 amide bonds. The summed E-state index contributed by atoms with van der Waals surface area (Å²) in [7, 11) is 2.68. The average Bonchev–Trinajstić information content (AvgIpc) is 2.68. The summed E-state index contributed by atoms with van der Waals surface area (Å²) in [5, 5.41) is 11.2. The van der Waals surface area contributed by atoms with Gasteiger partial charge in [-0.2, -0.15) is 0 Å². The lowest BCUT2D eigenvalue weighted by atomic mass is 9.68. The Labute approximate surface area is 154 Å². The standard InChI is InChI=1S/C17H18N4O6/c1-18-14(22)17(15(23)19(2)16(18)24)8-10-7-11(21(25)26)3-4-12(10)20-5-6-27-9-13(17)20/h3-4,7,13H,5-6,8-9H2,1-2H3/t13-/m0/s1. The molecule has 0 aliphatic carbocycles. The number of rotatable bonds is 1. The van der Waals surface area contributed by atoms with Crippen molar-refractivity contribution in [2.75, 3.05) is 38.8 Å². The Bertz CT molecular complexity index is 860. The van der Waals surface area contributed by atoms with Gasteiger partial charge in [0.15, 0.2) is 5.41 Å². The average molecular weight is 374 g/mol. The molecule has 142 valence electrons. The maximum atomic E-state index is 13.2. The lowest BCUT2D eigenvalue weighted by Gasteiger charge is -2.54. The van der Waals surface area contributed by atoms with Gasteiger partial charge in [-0.05, 0) is 11.6 Å². The van der Waals surface area contributed by atoms with Crippen LogP contribution >= 0.6 is 0 Å². The van der Waals surface area contributed by atoms with Crippen LogP contribution in [0, 0.1) is 15.5 Å². The molecular formula is C17H18N4O6. The van der Waals surface area contributed by atoms with Crippen LogP contribution in [-0.4, -0.2) is 72.5 Å². The fourth-order valence-electron chi connectivity index (χ4n) is 4.35. The highest BCUT2D eigenvalue weighted by atomic mass is 16.6. The Morgan fingerprint density at radius 3 is 2.48 bits per heavy atom. The zero-order valence-corrected chi connectivity index (χ0v) is 14.9. The van der Waals surface area contributed by atoms with Gasteiger partial charge in [-0.25, -0.2) is 4.79 Å². The van der Waals surface area contributed by atoms with Crippen molar-refractivity contribution in [2.24, 2.45) is 5.41 Å². The molecule has 0 unspecified atom stereocenters. The highest BCUT2D eigenvalue weighted by molar-refractivity contribution is 6.20. The summed E-state index contributed by atoms with van der Waals surface area (Å²) in [6.45, 7) is 1.01. The van der Waals surface area contributed by atoms with E-state index in [9.17, 15) is 24.5 Å². The van der Waals surface area contributed by atoms with E-state index in [-0.39, 0.29) is 18.7 Å². The van der Waals surface area contributed by atoms with Crippen LogP contribution in [0.15, 0.2) is 18.2 Å². The Morgan fingerprint density at radius 2 is 1.85 bits per heavy atom. The summed E-state index contributed by atoms with van der Waals surface area (Å²) in [6, 6.07) is 3.19. The lowest BCUT2D eigenvalue weighted by molar-refractivity contribution is -0.384. The Kier molecular flexibility index (Phi) is 3.70. The lowest BCUT2D eigenvalue weighted by Crippen LogP contribution is -2.73. The van der Waals surface area contributed by atoms with Crippen LogP contribution in [0.5, 0.6) is 0 Å². The number of amides is 4. The SMILES string of the molecule is CN1C(=O)N(C)C(=O)C2(Cc3cc([N+](=O)[O-])ccc3N3CCOC[C@H]32)C1=O. The van der Waals surface area contributed by atoms with Gasteiger partial charge in [0.2, 0.25) is 11.8 Å². The summed E-state index contributed by atoms with van der Waals surface area (Å²) in [5.41, 5.74) is -0.369. The van der Waals surface area contributed by atoms with Crippen molar-refractivity contribution >= 4 is 29.2 Å². The zero-order valence-electron chi connectivity index (χ0n) is 14.9. The number of nitrogens with zero attached hydrogens (tertiary/aromatic N) is 4. The van der Waals surface area contributed by atoms with E-state index in [1.165, 1.54) is 26.2 Å². The van der Waals surface area contributed by atoms with Crippen LogP contribution in [0.1, 0.15) is 5.56 Å². The Morgan fingerprint density at radius 1 is 1.19 bits per heavy atom. The molecule has 0 saturated carbocycles. The van der Waals surface area contributed by atoms with Crippen LogP contribution in [-0.2, 0) is 20.7 Å². The summed E-state index contributed by atoms with van der Waals surface area (Å²) in [6.07, 6.45) is -0.0197. The van der Waals surface area contributed by atoms with Crippen LogP contribution in [0.3, 0.4) is 0 Å². The number of anilines is 1.